The van der Waals surface area contributed by atoms with Gasteiger partial charge in [0.25, 0.3) is 0 Å². The molecule has 0 saturated heterocycles. The van der Waals surface area contributed by atoms with E-state index in [0.29, 0.717) is 0 Å². The molecular weight excluding hydrogens is 256 g/mol. The summed E-state index contributed by atoms with van der Waals surface area (Å²) in [6, 6.07) is 23.4. The highest BCUT2D eigenvalue weighted by Crippen LogP contribution is 2.45. The lowest BCUT2D eigenvalue weighted by atomic mass is 9.94. The molecular formula is C20H16O. The zero-order chi connectivity index (χ0) is 14.2. The van der Waals surface area contributed by atoms with Gasteiger partial charge in [-0.05, 0) is 40.3 Å². The molecule has 0 radical (unpaired) electrons. The predicted molar refractivity (Wildman–Crippen MR) is 86.7 cm³/mol. The van der Waals surface area contributed by atoms with E-state index >= 15 is 0 Å². The standard InChI is InChI=1S/C20H16O/c1-21-19-12-11-17-16-10-6-5-9-15(16)13-18(17)20(19)14-7-3-2-4-8-14/h2-12H,13H2,1H3. The molecule has 21 heavy (non-hydrogen) atoms. The summed E-state index contributed by atoms with van der Waals surface area (Å²) < 4.78 is 5.62. The van der Waals surface area contributed by atoms with Crippen molar-refractivity contribution in [3.63, 3.8) is 0 Å². The van der Waals surface area contributed by atoms with E-state index < -0.39 is 0 Å². The van der Waals surface area contributed by atoms with Crippen LogP contribution in [0.1, 0.15) is 11.1 Å². The third kappa shape index (κ3) is 1.85. The minimum Gasteiger partial charge on any atom is -0.496 e. The number of methoxy groups -OCH3 is 1. The van der Waals surface area contributed by atoms with Crippen LogP contribution in [0.25, 0.3) is 22.3 Å². The Labute approximate surface area is 124 Å². The van der Waals surface area contributed by atoms with Gasteiger partial charge in [0.1, 0.15) is 5.75 Å². The molecule has 0 N–H and O–H groups in total. The maximum absolute atomic E-state index is 5.62. The highest BCUT2D eigenvalue weighted by atomic mass is 16.5. The van der Waals surface area contributed by atoms with Crippen molar-refractivity contribution in [2.45, 2.75) is 6.42 Å². The third-order valence-corrected chi connectivity index (χ3v) is 4.23. The fourth-order valence-corrected chi connectivity index (χ4v) is 3.28. The Morgan fingerprint density at radius 2 is 1.52 bits per heavy atom. The van der Waals surface area contributed by atoms with Crippen molar-refractivity contribution < 1.29 is 4.74 Å². The molecule has 0 unspecified atom stereocenters. The second kappa shape index (κ2) is 4.78. The number of benzene rings is 3. The zero-order valence-electron chi connectivity index (χ0n) is 12.0. The average Bonchev–Trinajstić information content (AvgIpc) is 2.93. The van der Waals surface area contributed by atoms with Gasteiger partial charge in [-0.25, -0.2) is 0 Å². The van der Waals surface area contributed by atoms with Gasteiger partial charge in [0.2, 0.25) is 0 Å². The minimum atomic E-state index is 0.952. The van der Waals surface area contributed by atoms with Gasteiger partial charge in [-0.1, -0.05) is 60.7 Å². The lowest BCUT2D eigenvalue weighted by molar-refractivity contribution is 0.416. The van der Waals surface area contributed by atoms with E-state index in [1.807, 2.05) is 6.07 Å². The van der Waals surface area contributed by atoms with Gasteiger partial charge in [-0.15, -0.1) is 0 Å². The molecule has 0 aliphatic heterocycles. The summed E-state index contributed by atoms with van der Waals surface area (Å²) in [5, 5.41) is 0. The van der Waals surface area contributed by atoms with Gasteiger partial charge in [0.05, 0.1) is 7.11 Å². The number of hydrogen-bond acceptors (Lipinski definition) is 1. The zero-order valence-corrected chi connectivity index (χ0v) is 12.0. The van der Waals surface area contributed by atoms with Crippen molar-refractivity contribution in [3.8, 4) is 28.0 Å². The summed E-state index contributed by atoms with van der Waals surface area (Å²) in [7, 11) is 1.75. The molecule has 0 spiro atoms. The second-order valence-corrected chi connectivity index (χ2v) is 5.37. The van der Waals surface area contributed by atoms with Crippen molar-refractivity contribution in [1.82, 2.24) is 0 Å². The first-order chi connectivity index (χ1) is 10.4. The molecule has 0 saturated carbocycles. The molecule has 3 aromatic rings. The molecule has 1 aliphatic rings. The van der Waals surface area contributed by atoms with Crippen LogP contribution in [-0.2, 0) is 6.42 Å². The van der Waals surface area contributed by atoms with Crippen LogP contribution in [0.15, 0.2) is 66.7 Å². The average molecular weight is 272 g/mol. The highest BCUT2D eigenvalue weighted by molar-refractivity contribution is 5.87. The molecule has 1 aliphatic carbocycles. The molecule has 3 aromatic carbocycles. The molecule has 1 heteroatoms. The Hall–Kier alpha value is -2.54. The highest BCUT2D eigenvalue weighted by Gasteiger charge is 2.23. The van der Waals surface area contributed by atoms with Crippen LogP contribution in [0, 0.1) is 0 Å². The summed E-state index contributed by atoms with van der Waals surface area (Å²) in [5.41, 5.74) is 7.92. The summed E-state index contributed by atoms with van der Waals surface area (Å²) >= 11 is 0. The van der Waals surface area contributed by atoms with E-state index in [2.05, 4.69) is 60.7 Å². The first-order valence-corrected chi connectivity index (χ1v) is 7.22. The summed E-state index contributed by atoms with van der Waals surface area (Å²) in [5.74, 6) is 0.952. The first-order valence-electron chi connectivity index (χ1n) is 7.22. The third-order valence-electron chi connectivity index (χ3n) is 4.23. The molecule has 0 bridgehead atoms. The maximum Gasteiger partial charge on any atom is 0.127 e. The van der Waals surface area contributed by atoms with Gasteiger partial charge in [0.15, 0.2) is 0 Å². The van der Waals surface area contributed by atoms with Gasteiger partial charge < -0.3 is 4.74 Å². The SMILES string of the molecule is COc1ccc2c(c1-c1ccccc1)Cc1ccccc1-2. The topological polar surface area (TPSA) is 9.23 Å². The Kier molecular flexibility index (Phi) is 2.78. The van der Waals surface area contributed by atoms with Crippen molar-refractivity contribution in [1.29, 1.82) is 0 Å². The van der Waals surface area contributed by atoms with Crippen molar-refractivity contribution in [3.05, 3.63) is 77.9 Å². The molecule has 4 rings (SSSR count). The van der Waals surface area contributed by atoms with E-state index in [-0.39, 0.29) is 0 Å². The maximum atomic E-state index is 5.62. The largest absolute Gasteiger partial charge is 0.496 e. The lowest BCUT2D eigenvalue weighted by Crippen LogP contribution is -1.93. The molecule has 0 aromatic heterocycles. The van der Waals surface area contributed by atoms with Crippen LogP contribution in [0.5, 0.6) is 5.75 Å². The van der Waals surface area contributed by atoms with Gasteiger partial charge in [-0.3, -0.25) is 0 Å². The fraction of sp³-hybridized carbons (Fsp3) is 0.100. The quantitative estimate of drug-likeness (QED) is 0.502. The molecule has 0 atom stereocenters. The number of rotatable bonds is 2. The van der Waals surface area contributed by atoms with Crippen LogP contribution in [0.4, 0.5) is 0 Å². The molecule has 0 amide bonds. The Morgan fingerprint density at radius 3 is 2.33 bits per heavy atom. The minimum absolute atomic E-state index is 0.952. The molecule has 0 fully saturated rings. The van der Waals surface area contributed by atoms with E-state index in [4.69, 9.17) is 4.74 Å². The van der Waals surface area contributed by atoms with Crippen LogP contribution < -0.4 is 4.74 Å². The Bertz CT molecular complexity index is 803. The molecule has 1 nitrogen and oxygen atoms in total. The summed E-state index contributed by atoms with van der Waals surface area (Å²) in [6.45, 7) is 0. The van der Waals surface area contributed by atoms with Crippen molar-refractivity contribution in [2.75, 3.05) is 7.11 Å². The van der Waals surface area contributed by atoms with Gasteiger partial charge in [0, 0.05) is 5.56 Å². The van der Waals surface area contributed by atoms with Gasteiger partial charge in [-0.2, -0.15) is 0 Å². The number of fused-ring (bicyclic) bond motifs is 3. The van der Waals surface area contributed by atoms with Crippen LogP contribution >= 0.6 is 0 Å². The smallest absolute Gasteiger partial charge is 0.127 e. The van der Waals surface area contributed by atoms with E-state index in [1.54, 1.807) is 7.11 Å². The monoisotopic (exact) mass is 272 g/mol. The Balaban J connectivity index is 2.00. The molecule has 102 valence electrons. The fourth-order valence-electron chi connectivity index (χ4n) is 3.28. The summed E-state index contributed by atoms with van der Waals surface area (Å²) in [6.07, 6.45) is 0.979. The van der Waals surface area contributed by atoms with E-state index in [0.717, 1.165) is 12.2 Å². The van der Waals surface area contributed by atoms with Gasteiger partial charge >= 0.3 is 0 Å². The second-order valence-electron chi connectivity index (χ2n) is 5.37. The van der Waals surface area contributed by atoms with Crippen molar-refractivity contribution >= 4 is 0 Å². The van der Waals surface area contributed by atoms with E-state index in [9.17, 15) is 0 Å². The predicted octanol–water partition coefficient (Wildman–Crippen LogP) is 4.93. The lowest BCUT2D eigenvalue weighted by Gasteiger charge is -2.14. The van der Waals surface area contributed by atoms with Crippen LogP contribution in [-0.4, -0.2) is 7.11 Å². The van der Waals surface area contributed by atoms with E-state index in [1.165, 1.54) is 33.4 Å². The van der Waals surface area contributed by atoms with Crippen LogP contribution in [0.3, 0.4) is 0 Å². The number of hydrogen-bond donors (Lipinski definition) is 0. The summed E-state index contributed by atoms with van der Waals surface area (Å²) in [4.78, 5) is 0. The molecule has 0 heterocycles. The first kappa shape index (κ1) is 12.2. The van der Waals surface area contributed by atoms with Crippen LogP contribution in [0.2, 0.25) is 0 Å². The normalized spacial score (nSPS) is 11.9. The Morgan fingerprint density at radius 1 is 0.762 bits per heavy atom. The van der Waals surface area contributed by atoms with Crippen molar-refractivity contribution in [2.24, 2.45) is 0 Å². The number of ether oxygens (including phenoxy) is 1.